The molecule has 27 heavy (non-hydrogen) atoms. The second-order valence-corrected chi connectivity index (χ2v) is 8.03. The van der Waals surface area contributed by atoms with Gasteiger partial charge in [-0.3, -0.25) is 4.79 Å². The largest absolute Gasteiger partial charge is 0.497 e. The molecular formula is C18H19IN4O3S. The fourth-order valence-corrected chi connectivity index (χ4v) is 4.32. The number of halogens is 1. The summed E-state index contributed by atoms with van der Waals surface area (Å²) in [6, 6.07) is 7.78. The predicted octanol–water partition coefficient (Wildman–Crippen LogP) is 4.03. The predicted molar refractivity (Wildman–Crippen MR) is 113 cm³/mol. The molecule has 0 aliphatic rings. The maximum absolute atomic E-state index is 10.8. The molecule has 0 aliphatic heterocycles. The van der Waals surface area contributed by atoms with E-state index in [0.29, 0.717) is 24.3 Å². The van der Waals surface area contributed by atoms with Gasteiger partial charge in [0.1, 0.15) is 11.3 Å². The van der Waals surface area contributed by atoms with E-state index in [9.17, 15) is 4.79 Å². The van der Waals surface area contributed by atoms with E-state index in [-0.39, 0.29) is 6.42 Å². The Bertz CT molecular complexity index is 977. The quantitative estimate of drug-likeness (QED) is 0.357. The molecule has 3 rings (SSSR count). The molecule has 0 bridgehead atoms. The van der Waals surface area contributed by atoms with Crippen LogP contribution in [0.3, 0.4) is 0 Å². The van der Waals surface area contributed by atoms with E-state index in [0.717, 1.165) is 31.3 Å². The maximum Gasteiger partial charge on any atom is 0.303 e. The molecule has 1 aromatic carbocycles. The minimum absolute atomic E-state index is 0.159. The first-order valence-corrected chi connectivity index (χ1v) is 10.2. The number of carboxylic acid groups (broad SMARTS) is 1. The monoisotopic (exact) mass is 498 g/mol. The molecule has 2 aromatic heterocycles. The third-order valence-corrected chi connectivity index (χ3v) is 6.38. The SMILES string of the molecule is COc1ccc(I)c(Sc2nc3c(N)nccc3n2CCCCC(=O)O)c1. The van der Waals surface area contributed by atoms with Crippen LogP contribution in [0.4, 0.5) is 5.82 Å². The van der Waals surface area contributed by atoms with E-state index >= 15 is 0 Å². The molecular weight excluding hydrogens is 479 g/mol. The van der Waals surface area contributed by atoms with Crippen LogP contribution in [0.1, 0.15) is 19.3 Å². The van der Waals surface area contributed by atoms with Crippen molar-refractivity contribution in [3.8, 4) is 5.75 Å². The Hall–Kier alpha value is -2.01. The first-order valence-electron chi connectivity index (χ1n) is 8.33. The van der Waals surface area contributed by atoms with E-state index in [4.69, 9.17) is 20.6 Å². The lowest BCUT2D eigenvalue weighted by atomic mass is 10.2. The topological polar surface area (TPSA) is 103 Å². The maximum atomic E-state index is 10.8. The van der Waals surface area contributed by atoms with Gasteiger partial charge in [-0.05, 0) is 59.7 Å². The van der Waals surface area contributed by atoms with Crippen LogP contribution < -0.4 is 10.5 Å². The third-order valence-electron chi connectivity index (χ3n) is 4.02. The van der Waals surface area contributed by atoms with Gasteiger partial charge in [-0.2, -0.15) is 0 Å². The van der Waals surface area contributed by atoms with Crippen molar-refractivity contribution in [3.05, 3.63) is 34.0 Å². The highest BCUT2D eigenvalue weighted by molar-refractivity contribution is 14.1. The zero-order valence-electron chi connectivity index (χ0n) is 14.7. The van der Waals surface area contributed by atoms with Gasteiger partial charge in [0, 0.05) is 27.6 Å². The van der Waals surface area contributed by atoms with Gasteiger partial charge >= 0.3 is 5.97 Å². The Kier molecular flexibility index (Phi) is 6.42. The molecule has 3 N–H and O–H groups in total. The van der Waals surface area contributed by atoms with E-state index in [1.165, 1.54) is 11.8 Å². The number of carbonyl (C=O) groups is 1. The number of unbranched alkanes of at least 4 members (excludes halogenated alkanes) is 1. The van der Waals surface area contributed by atoms with Crippen LogP contribution in [0.25, 0.3) is 11.0 Å². The number of carboxylic acids is 1. The molecule has 0 saturated heterocycles. The molecule has 0 amide bonds. The first-order chi connectivity index (χ1) is 13.0. The lowest BCUT2D eigenvalue weighted by Crippen LogP contribution is -2.02. The zero-order valence-corrected chi connectivity index (χ0v) is 17.7. The van der Waals surface area contributed by atoms with Gasteiger partial charge in [-0.25, -0.2) is 9.97 Å². The van der Waals surface area contributed by atoms with Crippen molar-refractivity contribution in [3.63, 3.8) is 0 Å². The van der Waals surface area contributed by atoms with Crippen LogP contribution in [-0.4, -0.2) is 32.7 Å². The van der Waals surface area contributed by atoms with Gasteiger partial charge in [0.05, 0.1) is 12.6 Å². The van der Waals surface area contributed by atoms with E-state index in [2.05, 4.69) is 32.1 Å². The standard InChI is InChI=1S/C18H19IN4O3S/c1-26-11-5-6-12(19)14(10-11)27-18-22-16-13(7-8-21-17(16)20)23(18)9-3-2-4-15(24)25/h5-8,10H,2-4,9H2,1H3,(H2,20,21)(H,24,25). The van der Waals surface area contributed by atoms with Crippen LogP contribution in [0.15, 0.2) is 40.5 Å². The van der Waals surface area contributed by atoms with E-state index in [1.54, 1.807) is 13.3 Å². The number of pyridine rings is 1. The highest BCUT2D eigenvalue weighted by atomic mass is 127. The Morgan fingerprint density at radius 3 is 2.93 bits per heavy atom. The number of benzene rings is 1. The second-order valence-electron chi connectivity index (χ2n) is 5.86. The number of anilines is 1. The number of nitrogen functional groups attached to an aromatic ring is 1. The summed E-state index contributed by atoms with van der Waals surface area (Å²) in [7, 11) is 1.64. The number of ether oxygens (including phenoxy) is 1. The Balaban J connectivity index is 1.95. The lowest BCUT2D eigenvalue weighted by Gasteiger charge is -2.10. The number of methoxy groups -OCH3 is 1. The Morgan fingerprint density at radius 2 is 2.19 bits per heavy atom. The number of aromatic nitrogens is 3. The molecule has 0 aliphatic carbocycles. The molecule has 3 aromatic rings. The molecule has 2 heterocycles. The molecule has 0 saturated carbocycles. The number of imidazole rings is 1. The molecule has 0 atom stereocenters. The van der Waals surface area contributed by atoms with Crippen molar-refractivity contribution in [2.45, 2.75) is 35.9 Å². The van der Waals surface area contributed by atoms with Gasteiger partial charge in [-0.15, -0.1) is 0 Å². The summed E-state index contributed by atoms with van der Waals surface area (Å²) in [6.07, 6.45) is 3.17. The van der Waals surface area contributed by atoms with Crippen molar-refractivity contribution >= 4 is 57.2 Å². The summed E-state index contributed by atoms with van der Waals surface area (Å²) in [5.41, 5.74) is 7.57. The van der Waals surface area contributed by atoms with Crippen molar-refractivity contribution in [1.29, 1.82) is 0 Å². The number of nitrogens with two attached hydrogens (primary N) is 1. The average Bonchev–Trinajstić information content (AvgIpc) is 2.99. The van der Waals surface area contributed by atoms with Crippen LogP contribution in [0.5, 0.6) is 5.75 Å². The summed E-state index contributed by atoms with van der Waals surface area (Å²) in [5, 5.41) is 9.64. The molecule has 0 fully saturated rings. The van der Waals surface area contributed by atoms with Crippen molar-refractivity contribution in [2.75, 3.05) is 12.8 Å². The van der Waals surface area contributed by atoms with Crippen LogP contribution in [0, 0.1) is 3.57 Å². The molecule has 0 radical (unpaired) electrons. The highest BCUT2D eigenvalue weighted by Crippen LogP contribution is 2.36. The number of fused-ring (bicyclic) bond motifs is 1. The number of hydrogen-bond donors (Lipinski definition) is 2. The highest BCUT2D eigenvalue weighted by Gasteiger charge is 2.16. The number of rotatable bonds is 8. The van der Waals surface area contributed by atoms with Crippen molar-refractivity contribution in [2.24, 2.45) is 0 Å². The second kappa shape index (κ2) is 8.79. The van der Waals surface area contributed by atoms with Gasteiger partial charge in [0.25, 0.3) is 0 Å². The van der Waals surface area contributed by atoms with Crippen LogP contribution >= 0.6 is 34.4 Å². The zero-order chi connectivity index (χ0) is 19.4. The molecule has 9 heteroatoms. The van der Waals surface area contributed by atoms with Crippen molar-refractivity contribution < 1.29 is 14.6 Å². The number of aliphatic carboxylic acids is 1. The first kappa shape index (κ1) is 19.7. The summed E-state index contributed by atoms with van der Waals surface area (Å²) in [5.74, 6) is 0.390. The summed E-state index contributed by atoms with van der Waals surface area (Å²) < 4.78 is 8.50. The molecule has 0 spiro atoms. The van der Waals surface area contributed by atoms with Gasteiger partial charge < -0.3 is 20.1 Å². The molecule has 142 valence electrons. The van der Waals surface area contributed by atoms with Gasteiger partial charge in [0.15, 0.2) is 11.0 Å². The molecule has 0 unspecified atom stereocenters. The van der Waals surface area contributed by atoms with Gasteiger partial charge in [-0.1, -0.05) is 11.8 Å². The average molecular weight is 498 g/mol. The molecule has 7 nitrogen and oxygen atoms in total. The number of nitrogens with zero attached hydrogens (tertiary/aromatic N) is 3. The summed E-state index contributed by atoms with van der Waals surface area (Å²) in [4.78, 5) is 20.6. The summed E-state index contributed by atoms with van der Waals surface area (Å²) >= 11 is 3.82. The third kappa shape index (κ3) is 4.64. The summed E-state index contributed by atoms with van der Waals surface area (Å²) in [6.45, 7) is 0.663. The number of aryl methyl sites for hydroxylation is 1. The Labute approximate surface area is 174 Å². The van der Waals surface area contributed by atoms with Crippen molar-refractivity contribution in [1.82, 2.24) is 14.5 Å². The van der Waals surface area contributed by atoms with Crippen LogP contribution in [-0.2, 0) is 11.3 Å². The van der Waals surface area contributed by atoms with E-state index in [1.807, 2.05) is 24.3 Å². The van der Waals surface area contributed by atoms with Crippen LogP contribution in [0.2, 0.25) is 0 Å². The normalized spacial score (nSPS) is 11.0. The lowest BCUT2D eigenvalue weighted by molar-refractivity contribution is -0.137. The number of hydrogen-bond acceptors (Lipinski definition) is 6. The fraction of sp³-hybridized carbons (Fsp3) is 0.278. The van der Waals surface area contributed by atoms with E-state index < -0.39 is 5.97 Å². The minimum Gasteiger partial charge on any atom is -0.497 e. The fourth-order valence-electron chi connectivity index (χ4n) is 2.68. The minimum atomic E-state index is -0.778. The smallest absolute Gasteiger partial charge is 0.303 e. The van der Waals surface area contributed by atoms with Gasteiger partial charge in [0.2, 0.25) is 0 Å². The Morgan fingerprint density at radius 1 is 1.37 bits per heavy atom.